The van der Waals surface area contributed by atoms with Crippen LogP contribution in [0.2, 0.25) is 5.02 Å². The highest BCUT2D eigenvalue weighted by atomic mass is 79.9. The van der Waals surface area contributed by atoms with Gasteiger partial charge < -0.3 is 5.73 Å². The molecule has 0 bridgehead atoms. The number of alkyl halides is 1. The monoisotopic (exact) mass is 265 g/mol. The van der Waals surface area contributed by atoms with E-state index in [1.54, 1.807) is 0 Å². The lowest BCUT2D eigenvalue weighted by atomic mass is 10.1. The van der Waals surface area contributed by atoms with Gasteiger partial charge in [-0.15, -0.1) is 0 Å². The number of hydrogen-bond donors (Lipinski definition) is 1. The lowest BCUT2D eigenvalue weighted by Gasteiger charge is -2.03. The Labute approximate surface area is 88.0 Å². The number of nitrogens with two attached hydrogens (primary N) is 1. The smallest absolute Gasteiger partial charge is 0.174 e. The summed E-state index contributed by atoms with van der Waals surface area (Å²) in [4.78, 5) is 11.2. The second-order valence-corrected chi connectivity index (χ2v) is 3.38. The van der Waals surface area contributed by atoms with Gasteiger partial charge in [-0.1, -0.05) is 27.5 Å². The van der Waals surface area contributed by atoms with Crippen LogP contribution >= 0.6 is 27.5 Å². The molecular formula is C8H6BrClFNO. The van der Waals surface area contributed by atoms with E-state index in [9.17, 15) is 9.18 Å². The molecule has 0 heterocycles. The van der Waals surface area contributed by atoms with Crippen molar-refractivity contribution in [3.05, 3.63) is 28.5 Å². The number of rotatable bonds is 2. The molecule has 70 valence electrons. The topological polar surface area (TPSA) is 43.1 Å². The number of carbonyl (C=O) groups excluding carboxylic acids is 1. The molecule has 0 spiro atoms. The Balaban J connectivity index is 3.23. The van der Waals surface area contributed by atoms with E-state index in [2.05, 4.69) is 15.9 Å². The van der Waals surface area contributed by atoms with Gasteiger partial charge in [0.15, 0.2) is 5.78 Å². The van der Waals surface area contributed by atoms with Crippen LogP contribution in [0.5, 0.6) is 0 Å². The minimum Gasteiger partial charge on any atom is -0.396 e. The molecule has 0 radical (unpaired) electrons. The summed E-state index contributed by atoms with van der Waals surface area (Å²) in [7, 11) is 0. The summed E-state index contributed by atoms with van der Waals surface area (Å²) in [5, 5.41) is 0.216. The van der Waals surface area contributed by atoms with Crippen LogP contribution in [0.15, 0.2) is 12.1 Å². The molecule has 2 N–H and O–H groups in total. The molecule has 1 aromatic carbocycles. The highest BCUT2D eigenvalue weighted by molar-refractivity contribution is 9.09. The van der Waals surface area contributed by atoms with Crippen LogP contribution in [0.4, 0.5) is 10.1 Å². The van der Waals surface area contributed by atoms with Crippen LogP contribution in [-0.4, -0.2) is 11.1 Å². The molecule has 1 rings (SSSR count). The third kappa shape index (κ3) is 2.19. The summed E-state index contributed by atoms with van der Waals surface area (Å²) in [6.45, 7) is 0. The summed E-state index contributed by atoms with van der Waals surface area (Å²) < 4.78 is 12.8. The third-order valence-electron chi connectivity index (χ3n) is 1.51. The van der Waals surface area contributed by atoms with Crippen LogP contribution < -0.4 is 5.73 Å². The normalized spacial score (nSPS) is 10.1. The van der Waals surface area contributed by atoms with Gasteiger partial charge in [-0.3, -0.25) is 4.79 Å². The van der Waals surface area contributed by atoms with E-state index in [-0.39, 0.29) is 27.4 Å². The number of hydrogen-bond acceptors (Lipinski definition) is 2. The fourth-order valence-electron chi connectivity index (χ4n) is 0.851. The minimum atomic E-state index is -0.615. The van der Waals surface area contributed by atoms with E-state index < -0.39 is 5.82 Å². The van der Waals surface area contributed by atoms with Gasteiger partial charge in [0.25, 0.3) is 0 Å². The molecule has 1 aromatic rings. The first-order valence-electron chi connectivity index (χ1n) is 3.40. The van der Waals surface area contributed by atoms with Gasteiger partial charge in [-0.25, -0.2) is 4.39 Å². The van der Waals surface area contributed by atoms with Crippen molar-refractivity contribution < 1.29 is 9.18 Å². The molecule has 13 heavy (non-hydrogen) atoms. The number of nitrogen functional groups attached to an aromatic ring is 1. The average molecular weight is 266 g/mol. The van der Waals surface area contributed by atoms with Crippen LogP contribution in [0, 0.1) is 5.82 Å². The van der Waals surface area contributed by atoms with E-state index >= 15 is 0 Å². The van der Waals surface area contributed by atoms with Crippen LogP contribution in [0.3, 0.4) is 0 Å². The second-order valence-electron chi connectivity index (χ2n) is 2.41. The molecule has 5 heteroatoms. The van der Waals surface area contributed by atoms with Gasteiger partial charge in [0.05, 0.1) is 16.0 Å². The van der Waals surface area contributed by atoms with E-state index in [4.69, 9.17) is 17.3 Å². The highest BCUT2D eigenvalue weighted by Crippen LogP contribution is 2.22. The Hall–Kier alpha value is -0.610. The van der Waals surface area contributed by atoms with Crippen LogP contribution in [0.25, 0.3) is 0 Å². The lowest BCUT2D eigenvalue weighted by Crippen LogP contribution is -2.03. The largest absolute Gasteiger partial charge is 0.396 e. The van der Waals surface area contributed by atoms with Crippen molar-refractivity contribution in [2.24, 2.45) is 0 Å². The van der Waals surface area contributed by atoms with Crippen molar-refractivity contribution in [3.8, 4) is 0 Å². The molecule has 0 aliphatic rings. The predicted octanol–water partition coefficient (Wildman–Crippen LogP) is 2.64. The molecule has 0 saturated heterocycles. The van der Waals surface area contributed by atoms with Gasteiger partial charge in [-0.2, -0.15) is 0 Å². The number of benzene rings is 1. The van der Waals surface area contributed by atoms with Crippen molar-refractivity contribution >= 4 is 39.0 Å². The van der Waals surface area contributed by atoms with Crippen molar-refractivity contribution in [3.63, 3.8) is 0 Å². The summed E-state index contributed by atoms with van der Waals surface area (Å²) in [6, 6.07) is 2.27. The number of anilines is 1. The second kappa shape index (κ2) is 4.07. The van der Waals surface area contributed by atoms with Crippen molar-refractivity contribution in [1.82, 2.24) is 0 Å². The SMILES string of the molecule is Nc1cc(C(=O)CBr)c(Cl)cc1F. The minimum absolute atomic E-state index is 0.0753. The van der Waals surface area contributed by atoms with Crippen molar-refractivity contribution in [2.45, 2.75) is 0 Å². The van der Waals surface area contributed by atoms with Gasteiger partial charge >= 0.3 is 0 Å². The van der Waals surface area contributed by atoms with Crippen LogP contribution in [-0.2, 0) is 0 Å². The molecule has 0 fully saturated rings. The first-order chi connectivity index (χ1) is 6.06. The van der Waals surface area contributed by atoms with Gasteiger partial charge in [0, 0.05) is 5.56 Å². The van der Waals surface area contributed by atoms with E-state index in [1.165, 1.54) is 6.07 Å². The maximum Gasteiger partial charge on any atom is 0.174 e. The van der Waals surface area contributed by atoms with Gasteiger partial charge in [0.2, 0.25) is 0 Å². The Morgan fingerprint density at radius 1 is 1.62 bits per heavy atom. The molecule has 0 atom stereocenters. The van der Waals surface area contributed by atoms with Gasteiger partial charge in [-0.05, 0) is 12.1 Å². The standard InChI is InChI=1S/C8H6BrClFNO/c9-3-8(13)4-1-7(12)6(11)2-5(4)10/h1-2H,3,12H2. The molecule has 0 aliphatic heterocycles. The zero-order chi connectivity index (χ0) is 10.0. The van der Waals surface area contributed by atoms with E-state index in [0.29, 0.717) is 0 Å². The quantitative estimate of drug-likeness (QED) is 0.508. The van der Waals surface area contributed by atoms with Crippen LogP contribution in [0.1, 0.15) is 10.4 Å². The van der Waals surface area contributed by atoms with Gasteiger partial charge in [0.1, 0.15) is 5.82 Å². The zero-order valence-electron chi connectivity index (χ0n) is 6.48. The zero-order valence-corrected chi connectivity index (χ0v) is 8.82. The highest BCUT2D eigenvalue weighted by Gasteiger charge is 2.11. The summed E-state index contributed by atoms with van der Waals surface area (Å²) in [6.07, 6.45) is 0. The Kier molecular flexibility index (Phi) is 3.27. The average Bonchev–Trinajstić information content (AvgIpc) is 2.10. The molecular weight excluding hydrogens is 260 g/mol. The number of ketones is 1. The fourth-order valence-corrected chi connectivity index (χ4v) is 1.41. The Bertz CT molecular complexity index is 356. The molecule has 0 aromatic heterocycles. The molecule has 0 saturated carbocycles. The summed E-state index contributed by atoms with van der Waals surface area (Å²) in [5.74, 6) is -0.840. The summed E-state index contributed by atoms with van der Waals surface area (Å²) in [5.41, 5.74) is 5.44. The third-order valence-corrected chi connectivity index (χ3v) is 2.33. The number of Topliss-reactive ketones (excluding diaryl/α,β-unsaturated/α-hetero) is 1. The molecule has 0 aliphatic carbocycles. The Morgan fingerprint density at radius 3 is 2.77 bits per heavy atom. The fraction of sp³-hybridized carbons (Fsp3) is 0.125. The maximum absolute atomic E-state index is 12.8. The first-order valence-corrected chi connectivity index (χ1v) is 4.90. The number of carbonyl (C=O) groups is 1. The van der Waals surface area contributed by atoms with E-state index in [1.807, 2.05) is 0 Å². The maximum atomic E-state index is 12.8. The molecule has 0 unspecified atom stereocenters. The van der Waals surface area contributed by atoms with Crippen molar-refractivity contribution in [1.29, 1.82) is 0 Å². The summed E-state index contributed by atoms with van der Waals surface area (Å²) >= 11 is 8.62. The van der Waals surface area contributed by atoms with E-state index in [0.717, 1.165) is 6.07 Å². The molecule has 0 amide bonds. The molecule has 2 nitrogen and oxygen atoms in total. The van der Waals surface area contributed by atoms with Crippen molar-refractivity contribution in [2.75, 3.05) is 11.1 Å². The number of halogens is 3. The predicted molar refractivity (Wildman–Crippen MR) is 53.9 cm³/mol. The lowest BCUT2D eigenvalue weighted by molar-refractivity contribution is 0.102. The first kappa shape index (κ1) is 10.5. The Morgan fingerprint density at radius 2 is 2.23 bits per heavy atom.